The Morgan fingerprint density at radius 1 is 1.18 bits per heavy atom. The standard InChI is InChI=1S/C29H29F3N2O4S/c1-38-24-12-11-18(17-7-3-2-4-8-17)27-21(24)15-23-19-9-5-6-10-20(19)25-22(16-34(23)27)26(25)28(35)33-39(36,37)14-13-29(30,31)32/h5-6,10-12,15-17,19H,2-4,7-9,13-14H2,1H3,(H,33,35). The van der Waals surface area contributed by atoms with Crippen LogP contribution < -0.4 is 9.46 Å². The fraction of sp³-hybridized carbons (Fsp3) is 0.414. The van der Waals surface area contributed by atoms with Crippen LogP contribution >= 0.6 is 0 Å². The highest BCUT2D eigenvalue weighted by Gasteiger charge is 2.44. The molecule has 3 aliphatic carbocycles. The van der Waals surface area contributed by atoms with Crippen molar-refractivity contribution in [2.24, 2.45) is 0 Å². The Hall–Kier alpha value is -3.27. The van der Waals surface area contributed by atoms with Gasteiger partial charge in [-0.1, -0.05) is 43.6 Å². The van der Waals surface area contributed by atoms with E-state index in [1.165, 1.54) is 24.8 Å². The van der Waals surface area contributed by atoms with Crippen LogP contribution in [-0.2, 0) is 14.8 Å². The van der Waals surface area contributed by atoms with Crippen molar-refractivity contribution in [1.82, 2.24) is 9.29 Å². The van der Waals surface area contributed by atoms with Crippen molar-refractivity contribution in [2.45, 2.75) is 63.0 Å². The molecule has 206 valence electrons. The number of benzene rings is 1. The highest BCUT2D eigenvalue weighted by Crippen LogP contribution is 2.55. The van der Waals surface area contributed by atoms with Crippen molar-refractivity contribution in [2.75, 3.05) is 12.9 Å². The number of carbonyl (C=O) groups is 1. The van der Waals surface area contributed by atoms with Crippen LogP contribution in [0.15, 0.2) is 58.7 Å². The number of rotatable bonds is 6. The van der Waals surface area contributed by atoms with Gasteiger partial charge in [0.05, 0.1) is 30.4 Å². The summed E-state index contributed by atoms with van der Waals surface area (Å²) >= 11 is 0. The van der Waals surface area contributed by atoms with Gasteiger partial charge < -0.3 is 9.30 Å². The number of ether oxygens (including phenoxy) is 1. The van der Waals surface area contributed by atoms with E-state index in [4.69, 9.17) is 4.74 Å². The number of alkyl halides is 3. The molecule has 1 N–H and O–H groups in total. The van der Waals surface area contributed by atoms with Crippen LogP contribution in [0, 0.1) is 0 Å². The van der Waals surface area contributed by atoms with E-state index in [9.17, 15) is 26.4 Å². The average molecular weight is 559 g/mol. The minimum Gasteiger partial charge on any atom is -0.496 e. The first-order chi connectivity index (χ1) is 18.6. The zero-order valence-corrected chi connectivity index (χ0v) is 22.3. The molecule has 0 radical (unpaired) electrons. The van der Waals surface area contributed by atoms with Crippen molar-refractivity contribution in [1.29, 1.82) is 0 Å². The first-order valence-electron chi connectivity index (χ1n) is 13.2. The van der Waals surface area contributed by atoms with Crippen LogP contribution in [0.3, 0.4) is 0 Å². The van der Waals surface area contributed by atoms with Gasteiger partial charge >= 0.3 is 6.18 Å². The van der Waals surface area contributed by atoms with E-state index >= 15 is 0 Å². The summed E-state index contributed by atoms with van der Waals surface area (Å²) in [4.78, 5) is 13.1. The summed E-state index contributed by atoms with van der Waals surface area (Å²) in [5.41, 5.74) is 5.73. The summed E-state index contributed by atoms with van der Waals surface area (Å²) in [6, 6.07) is 6.30. The van der Waals surface area contributed by atoms with E-state index < -0.39 is 34.3 Å². The Bertz CT molecular complexity index is 1600. The number of sulfonamides is 1. The fourth-order valence-electron chi connectivity index (χ4n) is 6.35. The lowest BCUT2D eigenvalue weighted by Gasteiger charge is -2.24. The van der Waals surface area contributed by atoms with Gasteiger partial charge in [-0.05, 0) is 48.4 Å². The largest absolute Gasteiger partial charge is 0.496 e. The maximum absolute atomic E-state index is 13.1. The molecule has 2 aromatic rings. The number of halogens is 3. The zero-order valence-electron chi connectivity index (χ0n) is 21.5. The van der Waals surface area contributed by atoms with Gasteiger partial charge in [0.1, 0.15) is 5.75 Å². The average Bonchev–Trinajstić information content (AvgIpc) is 3.53. The summed E-state index contributed by atoms with van der Waals surface area (Å²) < 4.78 is 72.1. The van der Waals surface area contributed by atoms with E-state index in [0.717, 1.165) is 40.8 Å². The Labute approximate surface area is 224 Å². The van der Waals surface area contributed by atoms with Crippen molar-refractivity contribution in [3.63, 3.8) is 0 Å². The Kier molecular flexibility index (Phi) is 6.28. The lowest BCUT2D eigenvalue weighted by molar-refractivity contribution is -0.130. The molecule has 0 saturated heterocycles. The summed E-state index contributed by atoms with van der Waals surface area (Å²) in [6.45, 7) is 0. The topological polar surface area (TPSA) is 77.4 Å². The molecule has 2 heterocycles. The van der Waals surface area contributed by atoms with Gasteiger partial charge in [-0.2, -0.15) is 13.2 Å². The summed E-state index contributed by atoms with van der Waals surface area (Å²) in [6.07, 6.45) is 8.11. The van der Waals surface area contributed by atoms with E-state index in [-0.39, 0.29) is 11.5 Å². The van der Waals surface area contributed by atoms with Crippen molar-refractivity contribution in [3.8, 4) is 5.75 Å². The Balaban J connectivity index is 1.44. The SMILES string of the molecule is COc1ccc(C2CCCCC2)c2c1cc1n2C=C2C(C(=O)NS(=O)(=O)CCC(F)(F)F)=C2C2=CC=CCC21. The van der Waals surface area contributed by atoms with E-state index in [1.54, 1.807) is 7.11 Å². The zero-order chi connectivity index (χ0) is 27.5. The van der Waals surface area contributed by atoms with Crippen LogP contribution in [0.2, 0.25) is 0 Å². The molecule has 39 heavy (non-hydrogen) atoms. The minimum absolute atomic E-state index is 0.0674. The van der Waals surface area contributed by atoms with Crippen LogP contribution in [0.25, 0.3) is 17.1 Å². The summed E-state index contributed by atoms with van der Waals surface area (Å²) in [5.74, 6) is -0.991. The van der Waals surface area contributed by atoms with Crippen LogP contribution in [0.5, 0.6) is 5.75 Å². The number of nitrogens with zero attached hydrogens (tertiary/aromatic N) is 1. The highest BCUT2D eigenvalue weighted by molar-refractivity contribution is 7.90. The number of hydrogen-bond acceptors (Lipinski definition) is 4. The van der Waals surface area contributed by atoms with Crippen LogP contribution in [-0.4, -0.2) is 37.9 Å². The molecule has 1 saturated carbocycles. The van der Waals surface area contributed by atoms with Gasteiger partial charge in [0.25, 0.3) is 5.91 Å². The molecule has 1 unspecified atom stereocenters. The van der Waals surface area contributed by atoms with E-state index in [2.05, 4.69) is 22.8 Å². The third kappa shape index (κ3) is 4.73. The van der Waals surface area contributed by atoms with Crippen molar-refractivity contribution < 1.29 is 31.1 Å². The number of carbonyl (C=O) groups excluding carboxylic acids is 1. The molecule has 4 aliphatic rings. The molecule has 1 aromatic heterocycles. The molecular formula is C29H29F3N2O4S. The summed E-state index contributed by atoms with van der Waals surface area (Å²) in [7, 11) is -2.81. The molecule has 1 amide bonds. The molecule has 6 rings (SSSR count). The molecule has 1 aliphatic heterocycles. The number of hydrogen-bond donors (Lipinski definition) is 1. The first kappa shape index (κ1) is 26.0. The van der Waals surface area contributed by atoms with Gasteiger partial charge in [0, 0.05) is 34.3 Å². The predicted octanol–water partition coefficient (Wildman–Crippen LogP) is 6.23. The van der Waals surface area contributed by atoms with Gasteiger partial charge in [0.15, 0.2) is 0 Å². The lowest BCUT2D eigenvalue weighted by atomic mass is 9.83. The molecular weight excluding hydrogens is 529 g/mol. The van der Waals surface area contributed by atoms with Crippen LogP contribution in [0.1, 0.15) is 68.0 Å². The van der Waals surface area contributed by atoms with Crippen molar-refractivity contribution >= 4 is 33.0 Å². The smallest absolute Gasteiger partial charge is 0.390 e. The quantitative estimate of drug-likeness (QED) is 0.456. The maximum Gasteiger partial charge on any atom is 0.390 e. The van der Waals surface area contributed by atoms with Crippen LogP contribution in [0.4, 0.5) is 13.2 Å². The Morgan fingerprint density at radius 3 is 2.67 bits per heavy atom. The molecule has 10 heteroatoms. The van der Waals surface area contributed by atoms with E-state index in [1.807, 2.05) is 29.1 Å². The Morgan fingerprint density at radius 2 is 1.95 bits per heavy atom. The third-order valence-corrected chi connectivity index (χ3v) is 9.44. The molecule has 1 fully saturated rings. The first-order valence-corrected chi connectivity index (χ1v) is 14.9. The molecule has 1 atom stereocenters. The predicted molar refractivity (Wildman–Crippen MR) is 143 cm³/mol. The van der Waals surface area contributed by atoms with Gasteiger partial charge in [-0.25, -0.2) is 13.1 Å². The van der Waals surface area contributed by atoms with Gasteiger partial charge in [-0.3, -0.25) is 4.79 Å². The number of nitrogens with one attached hydrogen (secondary N) is 1. The van der Waals surface area contributed by atoms with Crippen molar-refractivity contribution in [3.05, 3.63) is 70.0 Å². The second kappa shape index (κ2) is 9.43. The highest BCUT2D eigenvalue weighted by atomic mass is 32.2. The number of methoxy groups -OCH3 is 1. The number of allylic oxidation sites excluding steroid dienone is 5. The second-order valence-corrected chi connectivity index (χ2v) is 12.5. The fourth-order valence-corrected chi connectivity index (χ4v) is 7.33. The van der Waals surface area contributed by atoms with Gasteiger partial charge in [-0.15, -0.1) is 0 Å². The summed E-state index contributed by atoms with van der Waals surface area (Å²) in [5, 5.41) is 0.992. The number of fused-ring (bicyclic) bond motifs is 7. The maximum atomic E-state index is 13.1. The second-order valence-electron chi connectivity index (χ2n) is 10.6. The molecule has 1 aromatic carbocycles. The van der Waals surface area contributed by atoms with E-state index in [0.29, 0.717) is 23.5 Å². The molecule has 0 spiro atoms. The number of amides is 1. The monoisotopic (exact) mass is 558 g/mol. The third-order valence-electron chi connectivity index (χ3n) is 8.20. The molecule has 6 nitrogen and oxygen atoms in total. The van der Waals surface area contributed by atoms with Gasteiger partial charge in [0.2, 0.25) is 10.0 Å². The lowest BCUT2D eigenvalue weighted by Crippen LogP contribution is -2.33. The molecule has 0 bridgehead atoms. The minimum atomic E-state index is -4.64. The number of aromatic nitrogens is 1. The normalized spacial score (nSPS) is 21.0.